The molecular weight excluding hydrogens is 338 g/mol. The van der Waals surface area contributed by atoms with Crippen molar-refractivity contribution in [2.24, 2.45) is 0 Å². The highest BCUT2D eigenvalue weighted by atomic mass is 32.1. The topological polar surface area (TPSA) is 68.5 Å². The second-order valence-corrected chi connectivity index (χ2v) is 7.64. The maximum absolute atomic E-state index is 12.6. The standard InChI is InChI=1S/C18H23N3O3S/c22-17(21-10-11-23-14-6-2-1-5-13(14)21)9-3-8-16-19-18(20-24-16)15-7-4-12-25-15/h4,7,12-14H,1-3,5-6,8-11H2/t13-,14-/m0/s1. The van der Waals surface area contributed by atoms with Crippen LogP contribution in [0, 0.1) is 0 Å². The van der Waals surface area contributed by atoms with Gasteiger partial charge in [0.25, 0.3) is 0 Å². The van der Waals surface area contributed by atoms with Crippen LogP contribution in [0.4, 0.5) is 0 Å². The molecule has 0 unspecified atom stereocenters. The van der Waals surface area contributed by atoms with Gasteiger partial charge in [-0.1, -0.05) is 24.1 Å². The average molecular weight is 361 g/mol. The summed E-state index contributed by atoms with van der Waals surface area (Å²) in [6, 6.07) is 4.22. The van der Waals surface area contributed by atoms with Crippen molar-refractivity contribution in [2.45, 2.75) is 57.1 Å². The Morgan fingerprint density at radius 2 is 2.28 bits per heavy atom. The number of hydrogen-bond donors (Lipinski definition) is 0. The van der Waals surface area contributed by atoms with Gasteiger partial charge in [0.2, 0.25) is 17.6 Å². The van der Waals surface area contributed by atoms with Gasteiger partial charge < -0.3 is 14.2 Å². The van der Waals surface area contributed by atoms with Gasteiger partial charge in [-0.25, -0.2) is 0 Å². The van der Waals surface area contributed by atoms with E-state index in [0.29, 0.717) is 31.2 Å². The van der Waals surface area contributed by atoms with E-state index in [-0.39, 0.29) is 18.1 Å². The zero-order valence-electron chi connectivity index (χ0n) is 14.2. The van der Waals surface area contributed by atoms with Crippen molar-refractivity contribution >= 4 is 17.2 Å². The molecule has 0 radical (unpaired) electrons. The fourth-order valence-electron chi connectivity index (χ4n) is 3.80. The summed E-state index contributed by atoms with van der Waals surface area (Å²) in [6.07, 6.45) is 6.72. The Balaban J connectivity index is 1.29. The molecule has 1 saturated carbocycles. The molecule has 6 nitrogen and oxygen atoms in total. The Hall–Kier alpha value is -1.73. The van der Waals surface area contributed by atoms with Crippen molar-refractivity contribution in [3.63, 3.8) is 0 Å². The van der Waals surface area contributed by atoms with Crippen molar-refractivity contribution in [1.82, 2.24) is 15.0 Å². The maximum atomic E-state index is 12.6. The molecule has 0 spiro atoms. The third-order valence-corrected chi connectivity index (χ3v) is 5.91. The van der Waals surface area contributed by atoms with Crippen molar-refractivity contribution in [2.75, 3.05) is 13.2 Å². The van der Waals surface area contributed by atoms with Gasteiger partial charge >= 0.3 is 0 Å². The minimum absolute atomic E-state index is 0.234. The minimum Gasteiger partial charge on any atom is -0.374 e. The van der Waals surface area contributed by atoms with Gasteiger partial charge in [0.1, 0.15) is 0 Å². The van der Waals surface area contributed by atoms with Crippen LogP contribution in [0.5, 0.6) is 0 Å². The van der Waals surface area contributed by atoms with E-state index >= 15 is 0 Å². The summed E-state index contributed by atoms with van der Waals surface area (Å²) in [5.74, 6) is 1.47. The number of aryl methyl sites for hydroxylation is 1. The predicted octanol–water partition coefficient (Wildman–Crippen LogP) is 3.29. The van der Waals surface area contributed by atoms with E-state index in [1.165, 1.54) is 12.8 Å². The molecule has 0 aromatic carbocycles. The molecule has 2 aromatic heterocycles. The Morgan fingerprint density at radius 3 is 3.16 bits per heavy atom. The van der Waals surface area contributed by atoms with Crippen molar-refractivity contribution in [1.29, 1.82) is 0 Å². The average Bonchev–Trinajstić information content (AvgIpc) is 3.32. The van der Waals surface area contributed by atoms with Crippen LogP contribution in [0.1, 0.15) is 44.4 Å². The van der Waals surface area contributed by atoms with E-state index < -0.39 is 0 Å². The first-order valence-corrected chi connectivity index (χ1v) is 9.97. The molecule has 0 bridgehead atoms. The van der Waals surface area contributed by atoms with Crippen LogP contribution in [0.25, 0.3) is 10.7 Å². The van der Waals surface area contributed by atoms with Gasteiger partial charge in [0, 0.05) is 19.4 Å². The molecule has 7 heteroatoms. The monoisotopic (exact) mass is 361 g/mol. The lowest BCUT2D eigenvalue weighted by Gasteiger charge is -2.43. The van der Waals surface area contributed by atoms with Crippen LogP contribution in [0.2, 0.25) is 0 Å². The van der Waals surface area contributed by atoms with Crippen molar-refractivity contribution in [3.8, 4) is 10.7 Å². The normalized spacial score (nSPS) is 23.4. The number of morpholine rings is 1. The first-order valence-electron chi connectivity index (χ1n) is 9.09. The number of thiophene rings is 1. The van der Waals surface area contributed by atoms with Crippen LogP contribution in [-0.4, -0.2) is 46.2 Å². The second kappa shape index (κ2) is 7.66. The first-order chi connectivity index (χ1) is 12.3. The summed E-state index contributed by atoms with van der Waals surface area (Å²) in [4.78, 5) is 20.1. The lowest BCUT2D eigenvalue weighted by Crippen LogP contribution is -2.54. The number of rotatable bonds is 5. The number of hydrogen-bond acceptors (Lipinski definition) is 6. The summed E-state index contributed by atoms with van der Waals surface area (Å²) >= 11 is 1.59. The maximum Gasteiger partial charge on any atom is 0.226 e. The SMILES string of the molecule is O=C(CCCc1nc(-c2cccs2)no1)N1CCO[C@H]2CCCC[C@@H]21. The van der Waals surface area contributed by atoms with Crippen molar-refractivity contribution in [3.05, 3.63) is 23.4 Å². The summed E-state index contributed by atoms with van der Waals surface area (Å²) in [5.41, 5.74) is 0. The van der Waals surface area contributed by atoms with Gasteiger partial charge in [0.05, 0.1) is 23.6 Å². The molecular formula is C18H23N3O3S. The highest BCUT2D eigenvalue weighted by Gasteiger charge is 2.36. The van der Waals surface area contributed by atoms with E-state index in [2.05, 4.69) is 15.0 Å². The quantitative estimate of drug-likeness (QED) is 0.817. The molecule has 134 valence electrons. The highest BCUT2D eigenvalue weighted by Crippen LogP contribution is 2.29. The van der Waals surface area contributed by atoms with E-state index in [9.17, 15) is 4.79 Å². The number of carbonyl (C=O) groups excluding carboxylic acids is 1. The highest BCUT2D eigenvalue weighted by molar-refractivity contribution is 7.13. The zero-order valence-corrected chi connectivity index (χ0v) is 15.0. The smallest absolute Gasteiger partial charge is 0.226 e. The van der Waals surface area contributed by atoms with Crippen LogP contribution >= 0.6 is 11.3 Å². The second-order valence-electron chi connectivity index (χ2n) is 6.69. The first kappa shape index (κ1) is 16.7. The molecule has 1 aliphatic heterocycles. The van der Waals surface area contributed by atoms with Gasteiger partial charge in [0.15, 0.2) is 0 Å². The summed E-state index contributed by atoms with van der Waals surface area (Å²) < 4.78 is 11.2. The molecule has 2 atom stereocenters. The van der Waals surface area contributed by atoms with E-state index in [1.54, 1.807) is 11.3 Å². The van der Waals surface area contributed by atoms with Gasteiger partial charge in [-0.15, -0.1) is 11.3 Å². The Bertz CT molecular complexity index is 698. The lowest BCUT2D eigenvalue weighted by molar-refractivity contribution is -0.149. The molecule has 1 saturated heterocycles. The predicted molar refractivity (Wildman–Crippen MR) is 94.3 cm³/mol. The third kappa shape index (κ3) is 3.77. The zero-order chi connectivity index (χ0) is 17.1. The summed E-state index contributed by atoms with van der Waals surface area (Å²) in [6.45, 7) is 1.39. The van der Waals surface area contributed by atoms with E-state index in [0.717, 1.165) is 30.7 Å². The number of nitrogens with zero attached hydrogens (tertiary/aromatic N) is 3. The van der Waals surface area contributed by atoms with E-state index in [4.69, 9.17) is 9.26 Å². The fourth-order valence-corrected chi connectivity index (χ4v) is 4.45. The van der Waals surface area contributed by atoms with E-state index in [1.807, 2.05) is 17.5 Å². The molecule has 2 aromatic rings. The Labute approximate surface area is 151 Å². The fraction of sp³-hybridized carbons (Fsp3) is 0.611. The van der Waals surface area contributed by atoms with Gasteiger partial charge in [-0.2, -0.15) is 4.98 Å². The molecule has 2 fully saturated rings. The van der Waals surface area contributed by atoms with Crippen molar-refractivity contribution < 1.29 is 14.1 Å². The number of fused-ring (bicyclic) bond motifs is 1. The minimum atomic E-state index is 0.234. The number of carbonyl (C=O) groups is 1. The largest absolute Gasteiger partial charge is 0.374 e. The molecule has 4 rings (SSSR count). The lowest BCUT2D eigenvalue weighted by atomic mass is 9.90. The van der Waals surface area contributed by atoms with Crippen LogP contribution in [0.15, 0.2) is 22.0 Å². The third-order valence-electron chi connectivity index (χ3n) is 5.04. The van der Waals surface area contributed by atoms with Gasteiger partial charge in [-0.05, 0) is 30.7 Å². The molecule has 1 amide bonds. The summed E-state index contributed by atoms with van der Waals surface area (Å²) in [7, 11) is 0. The molecule has 0 N–H and O–H groups in total. The Kier molecular flexibility index (Phi) is 5.12. The molecule has 1 aliphatic carbocycles. The Morgan fingerprint density at radius 1 is 1.36 bits per heavy atom. The van der Waals surface area contributed by atoms with Crippen LogP contribution in [-0.2, 0) is 16.0 Å². The molecule has 25 heavy (non-hydrogen) atoms. The number of ether oxygens (including phenoxy) is 1. The number of aromatic nitrogens is 2. The summed E-state index contributed by atoms with van der Waals surface area (Å²) in [5, 5.41) is 6.00. The van der Waals surface area contributed by atoms with Crippen LogP contribution in [0.3, 0.4) is 0 Å². The molecule has 2 aliphatic rings. The van der Waals surface area contributed by atoms with Gasteiger partial charge in [-0.3, -0.25) is 4.79 Å². The van der Waals surface area contributed by atoms with Crippen LogP contribution < -0.4 is 0 Å². The molecule has 3 heterocycles. The number of amides is 1.